The van der Waals surface area contributed by atoms with Gasteiger partial charge in [0.1, 0.15) is 5.69 Å². The lowest BCUT2D eigenvalue weighted by Gasteiger charge is -2.06. The number of aromatic nitrogens is 3. The van der Waals surface area contributed by atoms with Crippen molar-refractivity contribution in [3.05, 3.63) is 105 Å². The molecule has 9 nitrogen and oxygen atoms in total. The molecule has 0 bridgehead atoms. The highest BCUT2D eigenvalue weighted by Crippen LogP contribution is 2.34. The molecule has 2 aromatic heterocycles. The molecule has 0 saturated heterocycles. The Morgan fingerprint density at radius 2 is 1.82 bits per heavy atom. The summed E-state index contributed by atoms with van der Waals surface area (Å²) in [5.41, 5.74) is 2.41. The van der Waals surface area contributed by atoms with Crippen LogP contribution in [0.2, 0.25) is 0 Å². The summed E-state index contributed by atoms with van der Waals surface area (Å²) in [5, 5.41) is 21.9. The van der Waals surface area contributed by atoms with E-state index in [4.69, 9.17) is 0 Å². The quantitative estimate of drug-likeness (QED) is 0.153. The van der Waals surface area contributed by atoms with Crippen LogP contribution in [0.1, 0.15) is 28.7 Å². The molecule has 0 radical (unpaired) electrons. The van der Waals surface area contributed by atoms with Crippen LogP contribution < -0.4 is 5.43 Å². The number of hydrogen-bond donors (Lipinski definition) is 1. The van der Waals surface area contributed by atoms with Crippen LogP contribution in [-0.2, 0) is 6.18 Å². The van der Waals surface area contributed by atoms with Gasteiger partial charge in [0.15, 0.2) is 5.69 Å². The average Bonchev–Trinajstić information content (AvgIpc) is 3.59. The summed E-state index contributed by atoms with van der Waals surface area (Å²) in [4.78, 5) is 27.3. The largest absolute Gasteiger partial charge is 0.435 e. The lowest BCUT2D eigenvalue weighted by atomic mass is 10.0. The normalized spacial score (nSPS) is 12.1. The van der Waals surface area contributed by atoms with Crippen molar-refractivity contribution in [1.29, 1.82) is 0 Å². The van der Waals surface area contributed by atoms with Crippen molar-refractivity contribution in [2.45, 2.75) is 13.1 Å². The molecule has 0 aliphatic heterocycles. The van der Waals surface area contributed by atoms with Gasteiger partial charge in [0.25, 0.3) is 11.6 Å². The fraction of sp³-hybridized carbons (Fsp3) is 0.0769. The van der Waals surface area contributed by atoms with Crippen molar-refractivity contribution < 1.29 is 22.9 Å². The van der Waals surface area contributed by atoms with Crippen molar-refractivity contribution in [2.75, 3.05) is 0 Å². The highest BCUT2D eigenvalue weighted by atomic mass is 32.1. The molecule has 0 unspecified atom stereocenters. The van der Waals surface area contributed by atoms with Crippen LogP contribution in [-0.4, -0.2) is 31.3 Å². The van der Waals surface area contributed by atoms with Crippen molar-refractivity contribution in [1.82, 2.24) is 20.2 Å². The van der Waals surface area contributed by atoms with Crippen molar-refractivity contribution in [3.8, 4) is 16.4 Å². The van der Waals surface area contributed by atoms with E-state index in [0.29, 0.717) is 16.8 Å². The standard InChI is InChI=1S/C26H17F3N6O3S/c1-15(17-7-4-8-20(12-17)35(37)38)31-32-24(36)21-14-39-25(30-21)34-22(13-23(33-34)26(27,28)29)19-10-9-16-5-2-3-6-18(16)11-19/h2-14H,1H3,(H,32,36). The number of hydrazone groups is 1. The zero-order valence-electron chi connectivity index (χ0n) is 20.0. The van der Waals surface area contributed by atoms with Crippen molar-refractivity contribution in [3.63, 3.8) is 0 Å². The van der Waals surface area contributed by atoms with Crippen LogP contribution in [0.4, 0.5) is 18.9 Å². The van der Waals surface area contributed by atoms with E-state index in [1.54, 1.807) is 31.2 Å². The van der Waals surface area contributed by atoms with E-state index in [2.05, 4.69) is 20.6 Å². The predicted octanol–water partition coefficient (Wildman–Crippen LogP) is 6.23. The van der Waals surface area contributed by atoms with Crippen molar-refractivity contribution in [2.24, 2.45) is 5.10 Å². The minimum Gasteiger partial charge on any atom is -0.266 e. The third-order valence-corrected chi connectivity index (χ3v) is 6.57. The number of alkyl halides is 3. The summed E-state index contributed by atoms with van der Waals surface area (Å²) in [7, 11) is 0. The number of halogens is 3. The number of carbonyl (C=O) groups excluding carboxylic acids is 1. The Morgan fingerprint density at radius 3 is 2.56 bits per heavy atom. The SMILES string of the molecule is CC(=NNC(=O)c1csc(-n2nc(C(F)(F)F)cc2-c2ccc3ccccc3c2)n1)c1cccc([N+](=O)[O-])c1. The number of nitro groups is 1. The summed E-state index contributed by atoms with van der Waals surface area (Å²) in [5.74, 6) is -0.710. The smallest absolute Gasteiger partial charge is 0.266 e. The fourth-order valence-electron chi connectivity index (χ4n) is 3.79. The second-order valence-electron chi connectivity index (χ2n) is 8.35. The Morgan fingerprint density at radius 1 is 1.05 bits per heavy atom. The molecule has 0 fully saturated rings. The molecule has 0 saturated carbocycles. The van der Waals surface area contributed by atoms with Crippen LogP contribution in [0, 0.1) is 10.1 Å². The van der Waals surface area contributed by atoms with E-state index >= 15 is 0 Å². The number of nitrogens with one attached hydrogen (secondary N) is 1. The highest BCUT2D eigenvalue weighted by molar-refractivity contribution is 7.12. The summed E-state index contributed by atoms with van der Waals surface area (Å²) >= 11 is 0.941. The molecule has 196 valence electrons. The molecule has 0 aliphatic carbocycles. The molecule has 13 heteroatoms. The molecule has 5 rings (SSSR count). The van der Waals surface area contributed by atoms with Gasteiger partial charge in [-0.1, -0.05) is 48.5 Å². The van der Waals surface area contributed by atoms with Gasteiger partial charge in [0.05, 0.1) is 16.3 Å². The van der Waals surface area contributed by atoms with Gasteiger partial charge in [-0.15, -0.1) is 11.3 Å². The summed E-state index contributed by atoms with van der Waals surface area (Å²) in [6, 6.07) is 19.4. The highest BCUT2D eigenvalue weighted by Gasteiger charge is 2.35. The third-order valence-electron chi connectivity index (χ3n) is 5.75. The number of non-ortho nitro benzene ring substituents is 1. The van der Waals surface area contributed by atoms with E-state index < -0.39 is 22.7 Å². The fourth-order valence-corrected chi connectivity index (χ4v) is 4.55. The summed E-state index contributed by atoms with van der Waals surface area (Å²) in [6.45, 7) is 1.56. The number of nitro benzene ring substituents is 1. The number of fused-ring (bicyclic) bond motifs is 1. The van der Waals surface area contributed by atoms with Crippen LogP contribution in [0.5, 0.6) is 0 Å². The molecular formula is C26H17F3N6O3S. The van der Waals surface area contributed by atoms with E-state index in [-0.39, 0.29) is 22.2 Å². The van der Waals surface area contributed by atoms with E-state index in [9.17, 15) is 28.1 Å². The average molecular weight is 551 g/mol. The molecule has 2 heterocycles. The lowest BCUT2D eigenvalue weighted by Crippen LogP contribution is -2.20. The van der Waals surface area contributed by atoms with Crippen LogP contribution in [0.25, 0.3) is 27.2 Å². The van der Waals surface area contributed by atoms with E-state index in [0.717, 1.165) is 32.9 Å². The Labute approximate surface area is 222 Å². The first kappa shape index (κ1) is 25.7. The first-order valence-corrected chi connectivity index (χ1v) is 12.2. The third kappa shape index (κ3) is 5.38. The molecule has 5 aromatic rings. The van der Waals surface area contributed by atoms with Crippen LogP contribution in [0.3, 0.4) is 0 Å². The van der Waals surface area contributed by atoms with Crippen molar-refractivity contribution >= 4 is 39.4 Å². The first-order valence-electron chi connectivity index (χ1n) is 11.3. The van der Waals surface area contributed by atoms with Crippen LogP contribution >= 0.6 is 11.3 Å². The predicted molar refractivity (Wildman–Crippen MR) is 140 cm³/mol. The number of benzene rings is 3. The summed E-state index contributed by atoms with van der Waals surface area (Å²) < 4.78 is 41.8. The molecule has 0 aliphatic rings. The number of hydrogen-bond acceptors (Lipinski definition) is 7. The maximum atomic E-state index is 13.6. The number of rotatable bonds is 6. The molecule has 1 N–H and O–H groups in total. The maximum Gasteiger partial charge on any atom is 0.435 e. The Hall–Kier alpha value is -4.91. The maximum absolute atomic E-state index is 13.6. The Bertz CT molecular complexity index is 1760. The Kier molecular flexibility index (Phi) is 6.66. The van der Waals surface area contributed by atoms with Gasteiger partial charge in [-0.25, -0.2) is 15.1 Å². The van der Waals surface area contributed by atoms with Gasteiger partial charge < -0.3 is 0 Å². The monoisotopic (exact) mass is 550 g/mol. The second-order valence-corrected chi connectivity index (χ2v) is 9.18. The first-order chi connectivity index (χ1) is 18.6. The number of thiazole rings is 1. The minimum absolute atomic E-state index is 0.0539. The Balaban J connectivity index is 1.44. The molecule has 0 spiro atoms. The molecule has 39 heavy (non-hydrogen) atoms. The van der Waals surface area contributed by atoms with Gasteiger partial charge in [-0.2, -0.15) is 23.4 Å². The topological polar surface area (TPSA) is 115 Å². The molecular weight excluding hydrogens is 533 g/mol. The number of carbonyl (C=O) groups is 1. The van der Waals surface area contributed by atoms with Gasteiger partial charge >= 0.3 is 6.18 Å². The van der Waals surface area contributed by atoms with Gasteiger partial charge in [-0.3, -0.25) is 14.9 Å². The molecule has 1 amide bonds. The number of nitrogens with zero attached hydrogens (tertiary/aromatic N) is 5. The zero-order chi connectivity index (χ0) is 27.7. The second kappa shape index (κ2) is 10.1. The van der Waals surface area contributed by atoms with Gasteiger partial charge in [-0.05, 0) is 29.8 Å². The lowest BCUT2D eigenvalue weighted by molar-refractivity contribution is -0.384. The van der Waals surface area contributed by atoms with Crippen LogP contribution in [0.15, 0.2) is 83.3 Å². The van der Waals surface area contributed by atoms with E-state index in [1.807, 2.05) is 24.3 Å². The zero-order valence-corrected chi connectivity index (χ0v) is 20.8. The minimum atomic E-state index is -4.69. The van der Waals surface area contributed by atoms with E-state index in [1.165, 1.54) is 23.6 Å². The molecule has 0 atom stereocenters. The summed E-state index contributed by atoms with van der Waals surface area (Å²) in [6.07, 6.45) is -4.69. The number of amides is 1. The molecule has 3 aromatic carbocycles. The van der Waals surface area contributed by atoms with Gasteiger partial charge in [0.2, 0.25) is 5.13 Å². The van der Waals surface area contributed by atoms with Gasteiger partial charge in [0, 0.05) is 28.6 Å².